The van der Waals surface area contributed by atoms with Crippen molar-refractivity contribution >= 4 is 16.1 Å². The molecular weight excluding hydrogens is 282 g/mol. The number of amides is 1. The van der Waals surface area contributed by atoms with Crippen molar-refractivity contribution in [3.8, 4) is 0 Å². The second kappa shape index (κ2) is 6.38. The van der Waals surface area contributed by atoms with Crippen LogP contribution in [0.25, 0.3) is 0 Å². The second-order valence-electron chi connectivity index (χ2n) is 5.42. The van der Waals surface area contributed by atoms with Gasteiger partial charge in [0.15, 0.2) is 0 Å². The van der Waals surface area contributed by atoms with Crippen LogP contribution in [0.4, 0.5) is 0 Å². The molecule has 20 heavy (non-hydrogen) atoms. The molecule has 1 amide bonds. The third-order valence-corrected chi connectivity index (χ3v) is 5.75. The first kappa shape index (κ1) is 15.7. The minimum atomic E-state index is -3.43. The number of nitrogens with zero attached hydrogens (tertiary/aromatic N) is 3. The summed E-state index contributed by atoms with van der Waals surface area (Å²) >= 11 is 0. The highest BCUT2D eigenvalue weighted by Gasteiger charge is 2.35. The summed E-state index contributed by atoms with van der Waals surface area (Å²) in [6.07, 6.45) is 1.49. The van der Waals surface area contributed by atoms with Gasteiger partial charge in [0.25, 0.3) is 10.2 Å². The fourth-order valence-electron chi connectivity index (χ4n) is 2.63. The second-order valence-corrected chi connectivity index (χ2v) is 7.57. The molecule has 8 heteroatoms. The molecular formula is C12H23N3O4S. The minimum Gasteiger partial charge on any atom is -0.378 e. The summed E-state index contributed by atoms with van der Waals surface area (Å²) in [5.41, 5.74) is 0. The third kappa shape index (κ3) is 3.30. The van der Waals surface area contributed by atoms with E-state index in [2.05, 4.69) is 0 Å². The van der Waals surface area contributed by atoms with Crippen molar-refractivity contribution in [1.82, 2.24) is 13.5 Å². The molecule has 2 aliphatic rings. The van der Waals surface area contributed by atoms with E-state index in [0.29, 0.717) is 32.8 Å². The van der Waals surface area contributed by atoms with E-state index in [1.165, 1.54) is 22.7 Å². The summed E-state index contributed by atoms with van der Waals surface area (Å²) in [6, 6.07) is 0. The Hall–Kier alpha value is -0.700. The summed E-state index contributed by atoms with van der Waals surface area (Å²) < 4.78 is 32.1. The maximum absolute atomic E-state index is 12.4. The summed E-state index contributed by atoms with van der Waals surface area (Å²) in [7, 11) is -0.393. The largest absolute Gasteiger partial charge is 0.378 e. The van der Waals surface area contributed by atoms with Crippen molar-refractivity contribution in [2.45, 2.75) is 12.8 Å². The normalized spacial score (nSPS) is 25.9. The van der Waals surface area contributed by atoms with Crippen LogP contribution in [0.15, 0.2) is 0 Å². The van der Waals surface area contributed by atoms with Crippen molar-refractivity contribution in [3.05, 3.63) is 0 Å². The average Bonchev–Trinajstić information content (AvgIpc) is 2.47. The van der Waals surface area contributed by atoms with Gasteiger partial charge in [-0.15, -0.1) is 0 Å². The van der Waals surface area contributed by atoms with Gasteiger partial charge in [-0.3, -0.25) is 4.79 Å². The summed E-state index contributed by atoms with van der Waals surface area (Å²) in [5, 5.41) is 0. The Labute approximate surface area is 120 Å². The quantitative estimate of drug-likeness (QED) is 0.696. The Balaban J connectivity index is 2.01. The molecule has 2 aliphatic heterocycles. The molecule has 2 rings (SSSR count). The third-order valence-electron chi connectivity index (χ3n) is 3.84. The van der Waals surface area contributed by atoms with Gasteiger partial charge in [-0.25, -0.2) is 0 Å². The van der Waals surface area contributed by atoms with Crippen molar-refractivity contribution in [2.75, 3.05) is 53.5 Å². The molecule has 7 nitrogen and oxygen atoms in total. The van der Waals surface area contributed by atoms with Crippen molar-refractivity contribution < 1.29 is 17.9 Å². The van der Waals surface area contributed by atoms with Crippen LogP contribution in [-0.4, -0.2) is 81.3 Å². The standard InChI is InChI=1S/C12H23N3O4S/c1-13(2)20(17,18)15-5-3-4-11(10-15)12(16)14-6-8-19-9-7-14/h11H,3-10H2,1-2H3/t11-/m0/s1. The monoisotopic (exact) mass is 305 g/mol. The molecule has 0 unspecified atom stereocenters. The first-order valence-electron chi connectivity index (χ1n) is 6.97. The number of hydrogen-bond donors (Lipinski definition) is 0. The molecule has 0 bridgehead atoms. The van der Waals surface area contributed by atoms with Gasteiger partial charge >= 0.3 is 0 Å². The minimum absolute atomic E-state index is 0.0620. The lowest BCUT2D eigenvalue weighted by Gasteiger charge is -2.36. The molecule has 0 aromatic rings. The maximum atomic E-state index is 12.4. The van der Waals surface area contributed by atoms with Gasteiger partial charge in [-0.2, -0.15) is 17.0 Å². The maximum Gasteiger partial charge on any atom is 0.281 e. The van der Waals surface area contributed by atoms with E-state index in [0.717, 1.165) is 12.8 Å². The highest BCUT2D eigenvalue weighted by Crippen LogP contribution is 2.22. The highest BCUT2D eigenvalue weighted by molar-refractivity contribution is 7.86. The Morgan fingerprint density at radius 1 is 1.20 bits per heavy atom. The Kier molecular flexibility index (Phi) is 5.00. The van der Waals surface area contributed by atoms with E-state index in [9.17, 15) is 13.2 Å². The van der Waals surface area contributed by atoms with Gasteiger partial charge in [0.05, 0.1) is 19.1 Å². The van der Waals surface area contributed by atoms with E-state index in [4.69, 9.17) is 4.74 Å². The number of carbonyl (C=O) groups is 1. The molecule has 2 saturated heterocycles. The van der Waals surface area contributed by atoms with Crippen molar-refractivity contribution in [3.63, 3.8) is 0 Å². The number of ether oxygens (including phenoxy) is 1. The molecule has 0 aliphatic carbocycles. The van der Waals surface area contributed by atoms with E-state index in [1.54, 1.807) is 4.90 Å². The predicted molar refractivity (Wildman–Crippen MR) is 74.3 cm³/mol. The topological polar surface area (TPSA) is 70.2 Å². The fourth-order valence-corrected chi connectivity index (χ4v) is 3.82. The Morgan fingerprint density at radius 2 is 1.85 bits per heavy atom. The lowest BCUT2D eigenvalue weighted by atomic mass is 9.98. The molecule has 1 atom stereocenters. The first-order chi connectivity index (χ1) is 9.43. The van der Waals surface area contributed by atoms with Crippen LogP contribution in [0.3, 0.4) is 0 Å². The number of morpholine rings is 1. The zero-order chi connectivity index (χ0) is 14.8. The van der Waals surface area contributed by atoms with Crippen molar-refractivity contribution in [1.29, 1.82) is 0 Å². The van der Waals surface area contributed by atoms with Gasteiger partial charge in [-0.1, -0.05) is 0 Å². The van der Waals surface area contributed by atoms with E-state index in [-0.39, 0.29) is 18.4 Å². The van der Waals surface area contributed by atoms with Gasteiger partial charge in [-0.05, 0) is 12.8 Å². The van der Waals surface area contributed by atoms with Crippen LogP contribution < -0.4 is 0 Å². The number of carbonyl (C=O) groups excluding carboxylic acids is 1. The molecule has 0 N–H and O–H groups in total. The molecule has 0 saturated carbocycles. The van der Waals surface area contributed by atoms with E-state index >= 15 is 0 Å². The van der Waals surface area contributed by atoms with Crippen molar-refractivity contribution in [2.24, 2.45) is 5.92 Å². The van der Waals surface area contributed by atoms with Crippen LogP contribution in [0.1, 0.15) is 12.8 Å². The molecule has 2 heterocycles. The molecule has 0 aromatic carbocycles. The van der Waals surface area contributed by atoms with Crippen LogP contribution in [0.2, 0.25) is 0 Å². The zero-order valence-corrected chi connectivity index (χ0v) is 12.9. The summed E-state index contributed by atoms with van der Waals surface area (Å²) in [4.78, 5) is 14.2. The molecule has 116 valence electrons. The van der Waals surface area contributed by atoms with Crippen LogP contribution >= 0.6 is 0 Å². The number of hydrogen-bond acceptors (Lipinski definition) is 4. The molecule has 2 fully saturated rings. The zero-order valence-electron chi connectivity index (χ0n) is 12.1. The van der Waals surface area contributed by atoms with Gasteiger partial charge in [0.1, 0.15) is 0 Å². The Morgan fingerprint density at radius 3 is 2.45 bits per heavy atom. The fraction of sp³-hybridized carbons (Fsp3) is 0.917. The molecule has 0 aromatic heterocycles. The van der Waals surface area contributed by atoms with Crippen LogP contribution in [0, 0.1) is 5.92 Å². The number of rotatable bonds is 3. The van der Waals surface area contributed by atoms with Gasteiger partial charge < -0.3 is 9.64 Å². The van der Waals surface area contributed by atoms with Gasteiger partial charge in [0.2, 0.25) is 5.91 Å². The summed E-state index contributed by atoms with van der Waals surface area (Å²) in [5.74, 6) is -0.163. The lowest BCUT2D eigenvalue weighted by molar-refractivity contribution is -0.140. The average molecular weight is 305 g/mol. The summed E-state index contributed by atoms with van der Waals surface area (Å²) in [6.45, 7) is 3.13. The first-order valence-corrected chi connectivity index (χ1v) is 8.37. The lowest BCUT2D eigenvalue weighted by Crippen LogP contribution is -2.51. The van der Waals surface area contributed by atoms with E-state index < -0.39 is 10.2 Å². The van der Waals surface area contributed by atoms with E-state index in [1.807, 2.05) is 0 Å². The highest BCUT2D eigenvalue weighted by atomic mass is 32.2. The Bertz CT molecular complexity index is 446. The van der Waals surface area contributed by atoms with Gasteiger partial charge in [0, 0.05) is 40.3 Å². The molecule has 0 radical (unpaired) electrons. The van der Waals surface area contributed by atoms with Crippen LogP contribution in [0.5, 0.6) is 0 Å². The predicted octanol–water partition coefficient (Wildman–Crippen LogP) is -0.636. The van der Waals surface area contributed by atoms with Crippen LogP contribution in [-0.2, 0) is 19.7 Å². The SMILES string of the molecule is CN(C)S(=O)(=O)N1CCC[C@H](C(=O)N2CCOCC2)C1. The molecule has 0 spiro atoms. The number of piperidine rings is 1. The smallest absolute Gasteiger partial charge is 0.281 e.